The molecular weight excluding hydrogens is 498 g/mol. The summed E-state index contributed by atoms with van der Waals surface area (Å²) in [7, 11) is 1.06. The van der Waals surface area contributed by atoms with E-state index in [4.69, 9.17) is 9.97 Å². The molecule has 1 saturated carbocycles. The van der Waals surface area contributed by atoms with Crippen molar-refractivity contribution in [3.05, 3.63) is 60.3 Å². The number of aryl methyl sites for hydroxylation is 2. The van der Waals surface area contributed by atoms with Crippen molar-refractivity contribution < 1.29 is 8.42 Å². The van der Waals surface area contributed by atoms with Crippen LogP contribution in [0.4, 0.5) is 29.1 Å². The van der Waals surface area contributed by atoms with Crippen LogP contribution in [0.5, 0.6) is 0 Å². The van der Waals surface area contributed by atoms with Crippen LogP contribution in [0.25, 0.3) is 11.0 Å². The van der Waals surface area contributed by atoms with Crippen LogP contribution >= 0.6 is 0 Å². The molecule has 0 amide bonds. The third-order valence-electron chi connectivity index (χ3n) is 7.15. The average Bonchev–Trinajstić information content (AvgIpc) is 3.22. The molecule has 0 bridgehead atoms. The lowest BCUT2D eigenvalue weighted by Gasteiger charge is -2.23. The van der Waals surface area contributed by atoms with Crippen molar-refractivity contribution in [2.24, 2.45) is 7.05 Å². The number of hydrogen-bond donors (Lipinski definition) is 2. The molecule has 9 nitrogen and oxygen atoms in total. The number of rotatable bonds is 9. The standard InChI is InChI=1S/C28H35N7O2S/c1-34(23-13-14-25-24(19-23)32-28(35(25)2)31-21-7-5-4-6-8-21)26-15-17-29-27(33-26)30-22-11-9-20(10-12-22)16-18-38(3,36)37/h9-15,17,19,21H,4-8,16,18H2,1-3H3,(H,31,32)(H,29,30,33). The van der Waals surface area contributed by atoms with Crippen molar-refractivity contribution in [2.45, 2.75) is 44.6 Å². The van der Waals surface area contributed by atoms with Crippen molar-refractivity contribution in [3.63, 3.8) is 0 Å². The molecule has 5 rings (SSSR count). The van der Waals surface area contributed by atoms with E-state index in [1.807, 2.05) is 42.3 Å². The van der Waals surface area contributed by atoms with E-state index in [0.717, 1.165) is 39.7 Å². The Hall–Kier alpha value is -3.66. The summed E-state index contributed by atoms with van der Waals surface area (Å²) in [4.78, 5) is 16.0. The molecule has 4 aromatic rings. The molecule has 1 aliphatic carbocycles. The number of nitrogens with one attached hydrogen (secondary N) is 2. The van der Waals surface area contributed by atoms with Gasteiger partial charge in [0, 0.05) is 44.0 Å². The van der Waals surface area contributed by atoms with E-state index < -0.39 is 9.84 Å². The number of benzene rings is 2. The van der Waals surface area contributed by atoms with Gasteiger partial charge in [-0.1, -0.05) is 31.4 Å². The van der Waals surface area contributed by atoms with Gasteiger partial charge in [0.15, 0.2) is 0 Å². The quantitative estimate of drug-likeness (QED) is 0.302. The minimum Gasteiger partial charge on any atom is -0.353 e. The normalized spacial score (nSPS) is 14.5. The van der Waals surface area contributed by atoms with Crippen LogP contribution in [0.15, 0.2) is 54.7 Å². The van der Waals surface area contributed by atoms with Crippen LogP contribution in [0, 0.1) is 0 Å². The van der Waals surface area contributed by atoms with Crippen molar-refractivity contribution in [2.75, 3.05) is 34.6 Å². The van der Waals surface area contributed by atoms with Crippen LogP contribution in [0.2, 0.25) is 0 Å². The number of nitrogens with zero attached hydrogens (tertiary/aromatic N) is 5. The van der Waals surface area contributed by atoms with Gasteiger partial charge < -0.3 is 20.1 Å². The van der Waals surface area contributed by atoms with Gasteiger partial charge in [0.05, 0.1) is 16.8 Å². The first-order chi connectivity index (χ1) is 18.2. The molecule has 200 valence electrons. The van der Waals surface area contributed by atoms with E-state index in [1.54, 1.807) is 6.20 Å². The number of fused-ring (bicyclic) bond motifs is 1. The highest BCUT2D eigenvalue weighted by atomic mass is 32.2. The summed E-state index contributed by atoms with van der Waals surface area (Å²) in [6, 6.07) is 16.3. The molecule has 0 unspecified atom stereocenters. The number of hydrogen-bond acceptors (Lipinski definition) is 8. The maximum Gasteiger partial charge on any atom is 0.229 e. The Labute approximate surface area is 224 Å². The maximum atomic E-state index is 11.4. The predicted molar refractivity (Wildman–Crippen MR) is 154 cm³/mol. The van der Waals surface area contributed by atoms with E-state index >= 15 is 0 Å². The summed E-state index contributed by atoms with van der Waals surface area (Å²) in [6.45, 7) is 0. The Kier molecular flexibility index (Phi) is 7.51. The van der Waals surface area contributed by atoms with Gasteiger partial charge in [-0.2, -0.15) is 4.98 Å². The molecule has 1 fully saturated rings. The summed E-state index contributed by atoms with van der Waals surface area (Å²) in [5, 5.41) is 6.89. The van der Waals surface area contributed by atoms with Crippen LogP contribution in [0.1, 0.15) is 37.7 Å². The van der Waals surface area contributed by atoms with Gasteiger partial charge in [-0.25, -0.2) is 18.4 Å². The lowest BCUT2D eigenvalue weighted by Crippen LogP contribution is -2.23. The first-order valence-corrected chi connectivity index (χ1v) is 15.1. The molecule has 2 N–H and O–H groups in total. The van der Waals surface area contributed by atoms with Crippen molar-refractivity contribution in [1.82, 2.24) is 19.5 Å². The van der Waals surface area contributed by atoms with Gasteiger partial charge >= 0.3 is 0 Å². The Morgan fingerprint density at radius 1 is 1.03 bits per heavy atom. The second-order valence-corrected chi connectivity index (χ2v) is 12.4. The molecule has 2 aromatic heterocycles. The van der Waals surface area contributed by atoms with Crippen LogP contribution in [0.3, 0.4) is 0 Å². The zero-order chi connectivity index (χ0) is 26.7. The zero-order valence-corrected chi connectivity index (χ0v) is 23.0. The van der Waals surface area contributed by atoms with Crippen molar-refractivity contribution >= 4 is 50.0 Å². The van der Waals surface area contributed by atoms with Gasteiger partial charge in [0.1, 0.15) is 15.7 Å². The van der Waals surface area contributed by atoms with E-state index in [9.17, 15) is 8.42 Å². The Balaban J connectivity index is 1.29. The first-order valence-electron chi connectivity index (χ1n) is 13.1. The second kappa shape index (κ2) is 11.0. The van der Waals surface area contributed by atoms with Crippen LogP contribution in [-0.4, -0.2) is 53.0 Å². The van der Waals surface area contributed by atoms with Gasteiger partial charge in [-0.15, -0.1) is 0 Å². The molecule has 0 aliphatic heterocycles. The Morgan fingerprint density at radius 2 is 1.79 bits per heavy atom. The minimum atomic E-state index is -2.98. The van der Waals surface area contributed by atoms with Gasteiger partial charge in [-0.3, -0.25) is 0 Å². The highest BCUT2D eigenvalue weighted by Gasteiger charge is 2.17. The topological polar surface area (TPSA) is 105 Å². The number of sulfone groups is 1. The number of imidazole rings is 1. The Bertz CT molecular complexity index is 1510. The fourth-order valence-corrected chi connectivity index (χ4v) is 5.48. The lowest BCUT2D eigenvalue weighted by atomic mass is 9.96. The summed E-state index contributed by atoms with van der Waals surface area (Å²) >= 11 is 0. The number of aromatic nitrogens is 4. The lowest BCUT2D eigenvalue weighted by molar-refractivity contribution is 0.460. The zero-order valence-electron chi connectivity index (χ0n) is 22.2. The van der Waals surface area contributed by atoms with Gasteiger partial charge in [-0.05, 0) is 61.2 Å². The highest BCUT2D eigenvalue weighted by Crippen LogP contribution is 2.29. The molecule has 2 aromatic carbocycles. The molecule has 0 spiro atoms. The highest BCUT2D eigenvalue weighted by molar-refractivity contribution is 7.90. The predicted octanol–water partition coefficient (Wildman–Crippen LogP) is 5.21. The van der Waals surface area contributed by atoms with E-state index in [-0.39, 0.29) is 5.75 Å². The largest absolute Gasteiger partial charge is 0.353 e. The van der Waals surface area contributed by atoms with Crippen LogP contribution < -0.4 is 15.5 Å². The third-order valence-corrected chi connectivity index (χ3v) is 8.09. The van der Waals surface area contributed by atoms with Gasteiger partial charge in [0.25, 0.3) is 0 Å². The van der Waals surface area contributed by atoms with E-state index in [2.05, 4.69) is 45.4 Å². The number of anilines is 5. The van der Waals surface area contributed by atoms with Crippen molar-refractivity contribution in [3.8, 4) is 0 Å². The molecule has 2 heterocycles. The van der Waals surface area contributed by atoms with Gasteiger partial charge in [0.2, 0.25) is 11.9 Å². The first kappa shape index (κ1) is 26.0. The SMILES string of the molecule is CN(c1ccc2c(c1)nc(NC1CCCCC1)n2C)c1ccnc(Nc2ccc(CCS(C)(=O)=O)cc2)n1. The molecule has 38 heavy (non-hydrogen) atoms. The summed E-state index contributed by atoms with van der Waals surface area (Å²) < 4.78 is 25.0. The second-order valence-electron chi connectivity index (χ2n) is 10.1. The molecule has 0 atom stereocenters. The minimum absolute atomic E-state index is 0.139. The van der Waals surface area contributed by atoms with E-state index in [0.29, 0.717) is 18.4 Å². The summed E-state index contributed by atoms with van der Waals surface area (Å²) in [5.41, 5.74) is 4.82. The average molecular weight is 534 g/mol. The smallest absolute Gasteiger partial charge is 0.229 e. The summed E-state index contributed by atoms with van der Waals surface area (Å²) in [5.74, 6) is 2.29. The third kappa shape index (κ3) is 6.24. The molecule has 0 saturated heterocycles. The summed E-state index contributed by atoms with van der Waals surface area (Å²) in [6.07, 6.45) is 9.78. The monoisotopic (exact) mass is 533 g/mol. The molecule has 1 aliphatic rings. The Morgan fingerprint density at radius 3 is 2.53 bits per heavy atom. The fourth-order valence-electron chi connectivity index (χ4n) is 4.87. The molecule has 10 heteroatoms. The van der Waals surface area contributed by atoms with Crippen LogP contribution in [-0.2, 0) is 23.3 Å². The fraction of sp³-hybridized carbons (Fsp3) is 0.393. The molecule has 0 radical (unpaired) electrons. The molecular formula is C28H35N7O2S. The maximum absolute atomic E-state index is 11.4. The van der Waals surface area contributed by atoms with E-state index in [1.165, 1.54) is 38.4 Å². The van der Waals surface area contributed by atoms with Crippen molar-refractivity contribution in [1.29, 1.82) is 0 Å².